The van der Waals surface area contributed by atoms with Crippen molar-refractivity contribution in [1.82, 2.24) is 4.98 Å². The number of hydrogen-bond acceptors (Lipinski definition) is 5. The predicted molar refractivity (Wildman–Crippen MR) is 62.4 cm³/mol. The molecular formula is C8H11ClN2O2S2. The van der Waals surface area contributed by atoms with Crippen LogP contribution in [0.4, 0.5) is 5.13 Å². The number of anilines is 1. The summed E-state index contributed by atoms with van der Waals surface area (Å²) in [6.07, 6.45) is 1.59. The van der Waals surface area contributed by atoms with E-state index in [2.05, 4.69) is 10.3 Å². The first-order valence-electron chi connectivity index (χ1n) is 4.63. The fourth-order valence-corrected chi connectivity index (χ4v) is 4.18. The molecule has 1 N–H and O–H groups in total. The highest BCUT2D eigenvalue weighted by atomic mass is 35.5. The van der Waals surface area contributed by atoms with E-state index in [1.807, 2.05) is 0 Å². The maximum Gasteiger partial charge on any atom is 0.184 e. The molecule has 1 aliphatic heterocycles. The molecule has 1 aromatic rings. The van der Waals surface area contributed by atoms with Gasteiger partial charge in [0.2, 0.25) is 0 Å². The summed E-state index contributed by atoms with van der Waals surface area (Å²) in [6.45, 7) is 0. The lowest BCUT2D eigenvalue weighted by Crippen LogP contribution is -2.34. The van der Waals surface area contributed by atoms with Crippen LogP contribution in [0.3, 0.4) is 0 Å². The normalized spacial score (nSPS) is 25.0. The Hall–Kier alpha value is -0.330. The number of hydrogen-bond donors (Lipinski definition) is 1. The Morgan fingerprint density at radius 1 is 1.60 bits per heavy atom. The SMILES string of the molecule is O=S1(=O)CCCC(Nc2nc(Cl)cs2)C1. The quantitative estimate of drug-likeness (QED) is 0.887. The molecule has 1 atom stereocenters. The average molecular weight is 267 g/mol. The molecule has 0 saturated carbocycles. The van der Waals surface area contributed by atoms with Gasteiger partial charge in [-0.2, -0.15) is 0 Å². The number of rotatable bonds is 2. The zero-order valence-electron chi connectivity index (χ0n) is 7.94. The van der Waals surface area contributed by atoms with Gasteiger partial charge in [0.15, 0.2) is 15.0 Å². The summed E-state index contributed by atoms with van der Waals surface area (Å²) in [4.78, 5) is 4.03. The predicted octanol–water partition coefficient (Wildman–Crippen LogP) is 1.79. The molecule has 1 unspecified atom stereocenters. The van der Waals surface area contributed by atoms with Crippen LogP contribution in [-0.2, 0) is 9.84 Å². The molecule has 4 nitrogen and oxygen atoms in total. The lowest BCUT2D eigenvalue weighted by molar-refractivity contribution is 0.562. The molecule has 1 fully saturated rings. The lowest BCUT2D eigenvalue weighted by atomic mass is 10.2. The molecule has 1 aliphatic rings. The molecule has 2 heterocycles. The third kappa shape index (κ3) is 3.06. The fraction of sp³-hybridized carbons (Fsp3) is 0.625. The molecule has 0 amide bonds. The van der Waals surface area contributed by atoms with Gasteiger partial charge in [0, 0.05) is 11.4 Å². The highest BCUT2D eigenvalue weighted by Crippen LogP contribution is 2.22. The molecule has 0 aromatic carbocycles. The van der Waals surface area contributed by atoms with Gasteiger partial charge in [-0.1, -0.05) is 11.6 Å². The van der Waals surface area contributed by atoms with Gasteiger partial charge in [-0.05, 0) is 12.8 Å². The number of aromatic nitrogens is 1. The first-order chi connectivity index (χ1) is 7.05. The van der Waals surface area contributed by atoms with E-state index in [9.17, 15) is 8.42 Å². The fourth-order valence-electron chi connectivity index (χ4n) is 1.63. The third-order valence-corrected chi connectivity index (χ3v) is 5.18. The van der Waals surface area contributed by atoms with Crippen LogP contribution in [-0.4, -0.2) is 30.9 Å². The van der Waals surface area contributed by atoms with Crippen molar-refractivity contribution in [2.24, 2.45) is 0 Å². The van der Waals surface area contributed by atoms with Crippen LogP contribution in [0.1, 0.15) is 12.8 Å². The molecule has 2 rings (SSSR count). The first-order valence-corrected chi connectivity index (χ1v) is 7.71. The molecule has 84 valence electrons. The van der Waals surface area contributed by atoms with Crippen molar-refractivity contribution in [3.05, 3.63) is 10.5 Å². The minimum atomic E-state index is -2.86. The van der Waals surface area contributed by atoms with Crippen LogP contribution in [0.5, 0.6) is 0 Å². The average Bonchev–Trinajstić information content (AvgIpc) is 2.49. The Morgan fingerprint density at radius 2 is 2.40 bits per heavy atom. The second-order valence-electron chi connectivity index (χ2n) is 3.57. The molecule has 1 saturated heterocycles. The van der Waals surface area contributed by atoms with Crippen LogP contribution in [0.25, 0.3) is 0 Å². The Bertz CT molecular complexity index is 443. The van der Waals surface area contributed by atoms with Crippen LogP contribution < -0.4 is 5.32 Å². The van der Waals surface area contributed by atoms with Gasteiger partial charge in [0.25, 0.3) is 0 Å². The van der Waals surface area contributed by atoms with E-state index in [0.29, 0.717) is 16.0 Å². The van der Waals surface area contributed by atoms with Gasteiger partial charge in [-0.25, -0.2) is 13.4 Å². The Balaban J connectivity index is 2.01. The van der Waals surface area contributed by atoms with E-state index in [1.165, 1.54) is 11.3 Å². The van der Waals surface area contributed by atoms with Crippen LogP contribution in [0.15, 0.2) is 5.38 Å². The molecular weight excluding hydrogens is 256 g/mol. The Kier molecular flexibility index (Phi) is 3.18. The van der Waals surface area contributed by atoms with Gasteiger partial charge < -0.3 is 5.32 Å². The minimum Gasteiger partial charge on any atom is -0.358 e. The number of nitrogens with one attached hydrogen (secondary N) is 1. The van der Waals surface area contributed by atoms with Crippen molar-refractivity contribution < 1.29 is 8.42 Å². The summed E-state index contributed by atoms with van der Waals surface area (Å²) < 4.78 is 22.7. The number of thiazole rings is 1. The van der Waals surface area contributed by atoms with Gasteiger partial charge in [0.1, 0.15) is 5.15 Å². The van der Waals surface area contributed by atoms with E-state index < -0.39 is 9.84 Å². The van der Waals surface area contributed by atoms with Crippen LogP contribution >= 0.6 is 22.9 Å². The summed E-state index contributed by atoms with van der Waals surface area (Å²) in [7, 11) is -2.86. The van der Waals surface area contributed by atoms with E-state index in [1.54, 1.807) is 5.38 Å². The molecule has 7 heteroatoms. The molecule has 0 radical (unpaired) electrons. The van der Waals surface area contributed by atoms with E-state index in [4.69, 9.17) is 11.6 Å². The van der Waals surface area contributed by atoms with Gasteiger partial charge in [-0.3, -0.25) is 0 Å². The first kappa shape index (κ1) is 11.2. The largest absolute Gasteiger partial charge is 0.358 e. The lowest BCUT2D eigenvalue weighted by Gasteiger charge is -2.22. The molecule has 0 bridgehead atoms. The Morgan fingerprint density at radius 3 is 3.00 bits per heavy atom. The smallest absolute Gasteiger partial charge is 0.184 e. The van der Waals surface area contributed by atoms with Crippen molar-refractivity contribution in [2.45, 2.75) is 18.9 Å². The number of halogens is 1. The van der Waals surface area contributed by atoms with E-state index >= 15 is 0 Å². The van der Waals surface area contributed by atoms with Gasteiger partial charge >= 0.3 is 0 Å². The second kappa shape index (κ2) is 4.27. The summed E-state index contributed by atoms with van der Waals surface area (Å²) in [5.74, 6) is 0.508. The maximum absolute atomic E-state index is 11.4. The van der Waals surface area contributed by atoms with E-state index in [-0.39, 0.29) is 11.8 Å². The summed E-state index contributed by atoms with van der Waals surface area (Å²) >= 11 is 7.07. The maximum atomic E-state index is 11.4. The highest BCUT2D eigenvalue weighted by molar-refractivity contribution is 7.91. The minimum absolute atomic E-state index is 0.0223. The monoisotopic (exact) mass is 266 g/mol. The zero-order chi connectivity index (χ0) is 10.9. The van der Waals surface area contributed by atoms with Crippen molar-refractivity contribution in [1.29, 1.82) is 0 Å². The molecule has 15 heavy (non-hydrogen) atoms. The summed E-state index contributed by atoms with van der Waals surface area (Å²) in [5, 5.41) is 5.97. The highest BCUT2D eigenvalue weighted by Gasteiger charge is 2.24. The van der Waals surface area contributed by atoms with Crippen molar-refractivity contribution in [3.8, 4) is 0 Å². The zero-order valence-corrected chi connectivity index (χ0v) is 10.3. The second-order valence-corrected chi connectivity index (χ2v) is 7.05. The molecule has 0 spiro atoms. The summed E-state index contributed by atoms with van der Waals surface area (Å²) in [5.41, 5.74) is 0. The van der Waals surface area contributed by atoms with E-state index in [0.717, 1.165) is 12.8 Å². The van der Waals surface area contributed by atoms with Gasteiger partial charge in [-0.15, -0.1) is 11.3 Å². The van der Waals surface area contributed by atoms with Gasteiger partial charge in [0.05, 0.1) is 11.5 Å². The number of sulfone groups is 1. The molecule has 0 aliphatic carbocycles. The molecule has 1 aromatic heterocycles. The van der Waals surface area contributed by atoms with Crippen molar-refractivity contribution >= 4 is 37.9 Å². The number of nitrogens with zero attached hydrogens (tertiary/aromatic N) is 1. The summed E-state index contributed by atoms with van der Waals surface area (Å²) in [6, 6.07) is -0.0223. The Labute approximate surface area is 97.6 Å². The van der Waals surface area contributed by atoms with Crippen molar-refractivity contribution in [3.63, 3.8) is 0 Å². The van der Waals surface area contributed by atoms with Crippen LogP contribution in [0, 0.1) is 0 Å². The van der Waals surface area contributed by atoms with Crippen molar-refractivity contribution in [2.75, 3.05) is 16.8 Å². The third-order valence-electron chi connectivity index (χ3n) is 2.27. The topological polar surface area (TPSA) is 59.1 Å². The van der Waals surface area contributed by atoms with Crippen LogP contribution in [0.2, 0.25) is 5.15 Å². The standard InChI is InChI=1S/C8H11ClN2O2S2/c9-7-4-14-8(11-7)10-6-2-1-3-15(12,13)5-6/h4,6H,1-3,5H2,(H,10,11).